The molecule has 1 amide bonds. The zero-order valence-corrected chi connectivity index (χ0v) is 13.4. The summed E-state index contributed by atoms with van der Waals surface area (Å²) in [6.07, 6.45) is 5.34. The van der Waals surface area contributed by atoms with E-state index < -0.39 is 0 Å². The second kappa shape index (κ2) is 7.42. The van der Waals surface area contributed by atoms with E-state index in [9.17, 15) is 4.79 Å². The van der Waals surface area contributed by atoms with Crippen molar-refractivity contribution in [3.63, 3.8) is 0 Å². The Hall–Kier alpha value is -2.14. The molecule has 3 rings (SSSR count). The molecule has 0 radical (unpaired) electrons. The fraction of sp³-hybridized carbons (Fsp3) is 0.353. The highest BCUT2D eigenvalue weighted by Gasteiger charge is 2.25. The lowest BCUT2D eigenvalue weighted by atomic mass is 10.1. The molecule has 1 aliphatic heterocycles. The number of hydrogen-bond donors (Lipinski definition) is 0. The van der Waals surface area contributed by atoms with Gasteiger partial charge in [0, 0.05) is 24.0 Å². The molecule has 2 heterocycles. The molecule has 0 bridgehead atoms. The van der Waals surface area contributed by atoms with Crippen LogP contribution >= 0.6 is 11.6 Å². The van der Waals surface area contributed by atoms with Gasteiger partial charge in [-0.05, 0) is 30.5 Å². The lowest BCUT2D eigenvalue weighted by Crippen LogP contribution is -2.45. The van der Waals surface area contributed by atoms with Gasteiger partial charge >= 0.3 is 6.01 Å². The molecule has 6 heteroatoms. The number of benzene rings is 1. The first kappa shape index (κ1) is 15.7. The molecule has 1 unspecified atom stereocenters. The van der Waals surface area contributed by atoms with E-state index in [0.717, 1.165) is 24.9 Å². The summed E-state index contributed by atoms with van der Waals surface area (Å²) in [5, 5.41) is 0.628. The van der Waals surface area contributed by atoms with Crippen LogP contribution in [0.3, 0.4) is 0 Å². The minimum Gasteiger partial charge on any atom is -0.458 e. The van der Waals surface area contributed by atoms with Gasteiger partial charge in [-0.25, -0.2) is 9.97 Å². The first-order chi connectivity index (χ1) is 11.2. The summed E-state index contributed by atoms with van der Waals surface area (Å²) in [5.41, 5.74) is 0.855. The van der Waals surface area contributed by atoms with Crippen molar-refractivity contribution in [3.8, 4) is 6.01 Å². The van der Waals surface area contributed by atoms with Crippen molar-refractivity contribution in [1.82, 2.24) is 14.9 Å². The molecule has 5 nitrogen and oxygen atoms in total. The topological polar surface area (TPSA) is 55.3 Å². The van der Waals surface area contributed by atoms with Crippen molar-refractivity contribution in [1.29, 1.82) is 0 Å². The molecule has 1 aromatic carbocycles. The highest BCUT2D eigenvalue weighted by molar-refractivity contribution is 6.31. The smallest absolute Gasteiger partial charge is 0.316 e. The molecule has 0 aliphatic carbocycles. The van der Waals surface area contributed by atoms with E-state index in [0.29, 0.717) is 24.0 Å². The van der Waals surface area contributed by atoms with Gasteiger partial charge in [0.2, 0.25) is 5.91 Å². The van der Waals surface area contributed by atoms with E-state index in [1.54, 1.807) is 24.5 Å². The van der Waals surface area contributed by atoms with Crippen LogP contribution in [0, 0.1) is 0 Å². The Balaban J connectivity index is 1.59. The summed E-state index contributed by atoms with van der Waals surface area (Å²) in [5.74, 6) is 0.0698. The lowest BCUT2D eigenvalue weighted by molar-refractivity contribution is -0.133. The maximum absolute atomic E-state index is 12.5. The Morgan fingerprint density at radius 3 is 2.83 bits per heavy atom. The van der Waals surface area contributed by atoms with Crippen molar-refractivity contribution < 1.29 is 9.53 Å². The Morgan fingerprint density at radius 1 is 1.26 bits per heavy atom. The van der Waals surface area contributed by atoms with Crippen molar-refractivity contribution in [2.24, 2.45) is 0 Å². The first-order valence-corrected chi connectivity index (χ1v) is 8.05. The first-order valence-electron chi connectivity index (χ1n) is 7.67. The summed E-state index contributed by atoms with van der Waals surface area (Å²) in [7, 11) is 0. The van der Waals surface area contributed by atoms with Crippen LogP contribution in [-0.2, 0) is 11.2 Å². The molecule has 1 saturated heterocycles. The van der Waals surface area contributed by atoms with E-state index in [2.05, 4.69) is 9.97 Å². The molecule has 1 aliphatic rings. The van der Waals surface area contributed by atoms with Crippen molar-refractivity contribution in [3.05, 3.63) is 53.3 Å². The fourth-order valence-corrected chi connectivity index (χ4v) is 2.88. The van der Waals surface area contributed by atoms with Crippen LogP contribution in [0.2, 0.25) is 5.02 Å². The van der Waals surface area contributed by atoms with Gasteiger partial charge in [-0.2, -0.15) is 0 Å². The third-order valence-corrected chi connectivity index (χ3v) is 4.21. The second-order valence-corrected chi connectivity index (χ2v) is 5.93. The maximum atomic E-state index is 12.5. The van der Waals surface area contributed by atoms with E-state index in [4.69, 9.17) is 16.3 Å². The summed E-state index contributed by atoms with van der Waals surface area (Å²) >= 11 is 6.13. The van der Waals surface area contributed by atoms with Gasteiger partial charge < -0.3 is 9.64 Å². The molecule has 2 aromatic rings. The summed E-state index contributed by atoms with van der Waals surface area (Å²) < 4.78 is 5.77. The van der Waals surface area contributed by atoms with E-state index in [-0.39, 0.29) is 12.0 Å². The molecule has 0 N–H and O–H groups in total. The maximum Gasteiger partial charge on any atom is 0.316 e. The molecule has 23 heavy (non-hydrogen) atoms. The Morgan fingerprint density at radius 2 is 2.04 bits per heavy atom. The molecule has 0 saturated carbocycles. The largest absolute Gasteiger partial charge is 0.458 e. The quantitative estimate of drug-likeness (QED) is 0.864. The fourth-order valence-electron chi connectivity index (χ4n) is 2.67. The molecular formula is C17H18ClN3O2. The number of nitrogens with zero attached hydrogens (tertiary/aromatic N) is 3. The van der Waals surface area contributed by atoms with Gasteiger partial charge in [-0.1, -0.05) is 29.8 Å². The molecular weight excluding hydrogens is 314 g/mol. The van der Waals surface area contributed by atoms with Gasteiger partial charge in [0.1, 0.15) is 6.10 Å². The number of piperidine rings is 1. The number of amides is 1. The van der Waals surface area contributed by atoms with Gasteiger partial charge in [-0.3, -0.25) is 4.79 Å². The number of ether oxygens (including phenoxy) is 1. The van der Waals surface area contributed by atoms with E-state index in [1.807, 2.05) is 23.1 Å². The number of hydrogen-bond acceptors (Lipinski definition) is 4. The lowest BCUT2D eigenvalue weighted by Gasteiger charge is -2.32. The molecule has 1 atom stereocenters. The average Bonchev–Trinajstić information content (AvgIpc) is 2.58. The van der Waals surface area contributed by atoms with E-state index in [1.165, 1.54) is 0 Å². The zero-order valence-electron chi connectivity index (χ0n) is 12.7. The van der Waals surface area contributed by atoms with Crippen LogP contribution in [-0.4, -0.2) is 40.0 Å². The van der Waals surface area contributed by atoms with Crippen molar-refractivity contribution >= 4 is 17.5 Å². The van der Waals surface area contributed by atoms with E-state index >= 15 is 0 Å². The average molecular weight is 332 g/mol. The molecule has 0 spiro atoms. The van der Waals surface area contributed by atoms with Crippen molar-refractivity contribution in [2.75, 3.05) is 13.1 Å². The van der Waals surface area contributed by atoms with Crippen LogP contribution in [0.5, 0.6) is 6.01 Å². The molecule has 1 aromatic heterocycles. The zero-order chi connectivity index (χ0) is 16.1. The summed E-state index contributed by atoms with van der Waals surface area (Å²) in [6.45, 7) is 1.31. The van der Waals surface area contributed by atoms with Crippen LogP contribution in [0.15, 0.2) is 42.7 Å². The SMILES string of the molecule is O=C(Cc1ccccc1Cl)N1CCCC(Oc2ncccn2)C1. The van der Waals surface area contributed by atoms with Crippen LogP contribution < -0.4 is 4.74 Å². The number of halogens is 1. The highest BCUT2D eigenvalue weighted by Crippen LogP contribution is 2.19. The van der Waals surface area contributed by atoms with Gasteiger partial charge in [0.15, 0.2) is 0 Å². The van der Waals surface area contributed by atoms with Gasteiger partial charge in [-0.15, -0.1) is 0 Å². The Bertz CT molecular complexity index is 666. The van der Waals surface area contributed by atoms with Crippen LogP contribution in [0.4, 0.5) is 0 Å². The number of likely N-dealkylation sites (tertiary alicyclic amines) is 1. The van der Waals surface area contributed by atoms with Crippen molar-refractivity contribution in [2.45, 2.75) is 25.4 Å². The second-order valence-electron chi connectivity index (χ2n) is 5.52. The predicted molar refractivity (Wildman–Crippen MR) is 87.4 cm³/mol. The number of aromatic nitrogens is 2. The predicted octanol–water partition coefficient (Wildman–Crippen LogP) is 2.74. The number of carbonyl (C=O) groups is 1. The summed E-state index contributed by atoms with van der Waals surface area (Å²) in [4.78, 5) is 22.5. The number of rotatable bonds is 4. The minimum absolute atomic E-state index is 0.0682. The molecule has 120 valence electrons. The number of carbonyl (C=O) groups excluding carboxylic acids is 1. The Kier molecular flexibility index (Phi) is 5.08. The monoisotopic (exact) mass is 331 g/mol. The van der Waals surface area contributed by atoms with Crippen LogP contribution in [0.1, 0.15) is 18.4 Å². The highest BCUT2D eigenvalue weighted by atomic mass is 35.5. The molecule has 1 fully saturated rings. The summed E-state index contributed by atoms with van der Waals surface area (Å²) in [6, 6.07) is 9.55. The minimum atomic E-state index is -0.0682. The normalized spacial score (nSPS) is 17.8. The third-order valence-electron chi connectivity index (χ3n) is 3.84. The van der Waals surface area contributed by atoms with Gasteiger partial charge in [0.25, 0.3) is 0 Å². The standard InChI is InChI=1S/C17H18ClN3O2/c18-15-7-2-1-5-13(15)11-16(22)21-10-3-6-14(12-21)23-17-19-8-4-9-20-17/h1-2,4-5,7-9,14H,3,6,10-12H2. The van der Waals surface area contributed by atoms with Crippen LogP contribution in [0.25, 0.3) is 0 Å². The van der Waals surface area contributed by atoms with Gasteiger partial charge in [0.05, 0.1) is 13.0 Å². The third kappa shape index (κ3) is 4.20. The Labute approximate surface area is 140 Å².